The summed E-state index contributed by atoms with van der Waals surface area (Å²) in [6.45, 7) is 2.61. The molecule has 0 bridgehead atoms. The molecule has 1 amide bonds. The number of allylic oxidation sites excluding steroid dienone is 1. The van der Waals surface area contributed by atoms with Crippen molar-refractivity contribution in [2.45, 2.75) is 26.0 Å². The molecule has 10 heteroatoms. The van der Waals surface area contributed by atoms with E-state index in [2.05, 4.69) is 20.7 Å². The number of nitrogens with zero attached hydrogens (tertiary/aromatic N) is 3. The molecule has 33 heavy (non-hydrogen) atoms. The Morgan fingerprint density at radius 2 is 2.06 bits per heavy atom. The molecule has 2 aliphatic heterocycles. The lowest BCUT2D eigenvalue weighted by molar-refractivity contribution is -0.113. The average Bonchev–Trinajstić information content (AvgIpc) is 3.06. The largest absolute Gasteiger partial charge is 0.490 e. The minimum atomic E-state index is -0.606. The van der Waals surface area contributed by atoms with Gasteiger partial charge in [0.05, 0.1) is 18.8 Å². The highest BCUT2D eigenvalue weighted by atomic mass is 35.5. The van der Waals surface area contributed by atoms with Crippen LogP contribution >= 0.6 is 11.6 Å². The van der Waals surface area contributed by atoms with Crippen molar-refractivity contribution in [1.82, 2.24) is 14.8 Å². The molecule has 1 atom stereocenters. The molecular formula is C23H22ClN5O4. The lowest BCUT2D eigenvalue weighted by atomic mass is 9.94. The van der Waals surface area contributed by atoms with Crippen LogP contribution in [0.4, 0.5) is 11.6 Å². The molecule has 5 rings (SSSR count). The Balaban J connectivity index is 1.59. The number of nitrogens with one attached hydrogen (secondary N) is 2. The van der Waals surface area contributed by atoms with Crippen LogP contribution in [0.1, 0.15) is 30.8 Å². The van der Waals surface area contributed by atoms with Crippen molar-refractivity contribution in [1.29, 1.82) is 0 Å². The summed E-state index contributed by atoms with van der Waals surface area (Å²) in [7, 11) is 0. The zero-order chi connectivity index (χ0) is 22.9. The number of rotatable bonds is 4. The van der Waals surface area contributed by atoms with Gasteiger partial charge in [-0.2, -0.15) is 10.1 Å². The van der Waals surface area contributed by atoms with Gasteiger partial charge in [-0.3, -0.25) is 4.79 Å². The molecule has 0 radical (unpaired) electrons. The number of aromatic nitrogens is 3. The van der Waals surface area contributed by atoms with Gasteiger partial charge >= 0.3 is 0 Å². The zero-order valence-corrected chi connectivity index (χ0v) is 18.6. The Morgan fingerprint density at radius 1 is 1.24 bits per heavy atom. The van der Waals surface area contributed by atoms with Crippen LogP contribution in [0.5, 0.6) is 11.5 Å². The average molecular weight is 468 g/mol. The fourth-order valence-electron chi connectivity index (χ4n) is 3.98. The van der Waals surface area contributed by atoms with E-state index in [1.54, 1.807) is 35.9 Å². The number of aliphatic hydroxyl groups is 1. The first-order valence-electron chi connectivity index (χ1n) is 10.5. The summed E-state index contributed by atoms with van der Waals surface area (Å²) < 4.78 is 13.2. The molecule has 0 fully saturated rings. The highest BCUT2D eigenvalue weighted by Crippen LogP contribution is 2.39. The van der Waals surface area contributed by atoms with E-state index in [0.29, 0.717) is 52.6 Å². The summed E-state index contributed by atoms with van der Waals surface area (Å²) in [4.78, 5) is 17.8. The lowest BCUT2D eigenvalue weighted by Gasteiger charge is -2.29. The van der Waals surface area contributed by atoms with Crippen LogP contribution in [0.2, 0.25) is 5.02 Å². The monoisotopic (exact) mass is 467 g/mol. The van der Waals surface area contributed by atoms with Gasteiger partial charge < -0.3 is 25.2 Å². The maximum Gasteiger partial charge on any atom is 0.255 e. The summed E-state index contributed by atoms with van der Waals surface area (Å²) in [6, 6.07) is 11.9. The Kier molecular flexibility index (Phi) is 5.65. The molecule has 9 nitrogen and oxygen atoms in total. The number of fused-ring (bicyclic) bond motifs is 2. The summed E-state index contributed by atoms with van der Waals surface area (Å²) >= 11 is 6.09. The molecule has 0 saturated carbocycles. The molecule has 0 spiro atoms. The topological polar surface area (TPSA) is 111 Å². The van der Waals surface area contributed by atoms with Gasteiger partial charge in [0.25, 0.3) is 5.91 Å². The summed E-state index contributed by atoms with van der Waals surface area (Å²) in [5.41, 5.74) is 2.42. The SMILES string of the molecule is CC1=C(C(=O)Nc2cccc(Cl)c2)C(c2ccc3c(c2)OCCCO3)n2nc(CO)nc2N1. The number of carbonyl (C=O) groups is 1. The van der Waals surface area contributed by atoms with E-state index in [-0.39, 0.29) is 18.3 Å². The van der Waals surface area contributed by atoms with Gasteiger partial charge in [-0.1, -0.05) is 23.7 Å². The quantitative estimate of drug-likeness (QED) is 0.538. The van der Waals surface area contributed by atoms with E-state index in [1.807, 2.05) is 18.2 Å². The number of carbonyl (C=O) groups excluding carboxylic acids is 1. The van der Waals surface area contributed by atoms with Gasteiger partial charge in [0, 0.05) is 22.8 Å². The van der Waals surface area contributed by atoms with Crippen LogP contribution in [0, 0.1) is 0 Å². The molecule has 0 saturated heterocycles. The third-order valence-corrected chi connectivity index (χ3v) is 5.69. The second kappa shape index (κ2) is 8.76. The first-order valence-corrected chi connectivity index (χ1v) is 10.9. The number of halogens is 1. The van der Waals surface area contributed by atoms with Crippen molar-refractivity contribution in [2.24, 2.45) is 0 Å². The maximum atomic E-state index is 13.5. The number of aliphatic hydroxyl groups excluding tert-OH is 1. The minimum absolute atomic E-state index is 0.251. The summed E-state index contributed by atoms with van der Waals surface area (Å²) in [5, 5.41) is 20.6. The number of ether oxygens (including phenoxy) is 2. The van der Waals surface area contributed by atoms with Gasteiger partial charge in [-0.15, -0.1) is 0 Å². The van der Waals surface area contributed by atoms with E-state index in [9.17, 15) is 9.90 Å². The van der Waals surface area contributed by atoms with Crippen molar-refractivity contribution < 1.29 is 19.4 Å². The minimum Gasteiger partial charge on any atom is -0.490 e. The Labute approximate surface area is 195 Å². The van der Waals surface area contributed by atoms with Crippen LogP contribution in [0.3, 0.4) is 0 Å². The Morgan fingerprint density at radius 3 is 2.85 bits per heavy atom. The van der Waals surface area contributed by atoms with Gasteiger partial charge in [0.15, 0.2) is 17.3 Å². The smallest absolute Gasteiger partial charge is 0.255 e. The predicted octanol–water partition coefficient (Wildman–Crippen LogP) is 3.51. The predicted molar refractivity (Wildman–Crippen MR) is 123 cm³/mol. The van der Waals surface area contributed by atoms with Gasteiger partial charge in [-0.05, 0) is 42.8 Å². The Hall–Kier alpha value is -3.56. The number of amides is 1. The number of anilines is 2. The van der Waals surface area contributed by atoms with E-state index >= 15 is 0 Å². The van der Waals surface area contributed by atoms with Crippen LogP contribution in [-0.4, -0.2) is 39.0 Å². The fraction of sp³-hybridized carbons (Fsp3) is 0.261. The van der Waals surface area contributed by atoms with Gasteiger partial charge in [0.2, 0.25) is 5.95 Å². The van der Waals surface area contributed by atoms with Gasteiger partial charge in [0.1, 0.15) is 12.6 Å². The van der Waals surface area contributed by atoms with E-state index in [0.717, 1.165) is 12.0 Å². The second-order valence-electron chi connectivity index (χ2n) is 7.74. The lowest BCUT2D eigenvalue weighted by Crippen LogP contribution is -2.31. The molecular weight excluding hydrogens is 446 g/mol. The molecule has 1 aromatic heterocycles. The molecule has 170 valence electrons. The second-order valence-corrected chi connectivity index (χ2v) is 8.18. The number of benzene rings is 2. The number of hydrogen-bond acceptors (Lipinski definition) is 7. The highest BCUT2D eigenvalue weighted by Gasteiger charge is 2.35. The first-order chi connectivity index (χ1) is 16.0. The normalized spacial score (nSPS) is 17.1. The van der Waals surface area contributed by atoms with Crippen LogP contribution < -0.4 is 20.1 Å². The van der Waals surface area contributed by atoms with Crippen LogP contribution in [0.25, 0.3) is 0 Å². The molecule has 2 aliphatic rings. The van der Waals surface area contributed by atoms with E-state index < -0.39 is 6.04 Å². The standard InChI is InChI=1S/C23H22ClN5O4/c1-13-20(22(31)26-16-5-2-4-15(24)11-16)21(29-23(25-13)27-19(12-30)28-29)14-6-7-17-18(10-14)33-9-3-8-32-17/h2,4-7,10-11,21,30H,3,8-9,12H2,1H3,(H,26,31)(H,25,27,28). The number of hydrogen-bond donors (Lipinski definition) is 3. The van der Waals surface area contributed by atoms with Crippen molar-refractivity contribution in [3.8, 4) is 11.5 Å². The highest BCUT2D eigenvalue weighted by molar-refractivity contribution is 6.31. The maximum absolute atomic E-state index is 13.5. The van der Waals surface area contributed by atoms with Crippen molar-refractivity contribution >= 4 is 29.1 Å². The molecule has 0 aliphatic carbocycles. The Bertz CT molecular complexity index is 1260. The molecule has 2 aromatic carbocycles. The van der Waals surface area contributed by atoms with Crippen LogP contribution in [0.15, 0.2) is 53.7 Å². The summed E-state index contributed by atoms with van der Waals surface area (Å²) in [5.74, 6) is 1.64. The third-order valence-electron chi connectivity index (χ3n) is 5.45. The summed E-state index contributed by atoms with van der Waals surface area (Å²) in [6.07, 6.45) is 0.788. The molecule has 3 N–H and O–H groups in total. The first kappa shape index (κ1) is 21.3. The van der Waals surface area contributed by atoms with E-state index in [4.69, 9.17) is 21.1 Å². The molecule has 1 unspecified atom stereocenters. The molecule has 3 aromatic rings. The van der Waals surface area contributed by atoms with Gasteiger partial charge in [-0.25, -0.2) is 4.68 Å². The zero-order valence-electron chi connectivity index (χ0n) is 17.8. The fourth-order valence-corrected chi connectivity index (χ4v) is 4.17. The van der Waals surface area contributed by atoms with E-state index in [1.165, 1.54) is 0 Å². The van der Waals surface area contributed by atoms with Crippen molar-refractivity contribution in [3.63, 3.8) is 0 Å². The molecule has 3 heterocycles. The van der Waals surface area contributed by atoms with Crippen molar-refractivity contribution in [2.75, 3.05) is 23.8 Å². The van der Waals surface area contributed by atoms with Crippen molar-refractivity contribution in [3.05, 3.63) is 70.1 Å². The third kappa shape index (κ3) is 4.12. The van der Waals surface area contributed by atoms with Crippen LogP contribution in [-0.2, 0) is 11.4 Å².